The number of nitrogens with one attached hydrogen (secondary N) is 2. The molecule has 6 heteroatoms. The molecule has 110 valence electrons. The number of aromatic hydroxyl groups is 1. The molecular formula is C15H17N3O3. The van der Waals surface area contributed by atoms with Gasteiger partial charge >= 0.3 is 0 Å². The fraction of sp³-hybridized carbons (Fsp3) is 0.200. The van der Waals surface area contributed by atoms with Crippen molar-refractivity contribution in [1.82, 2.24) is 4.98 Å². The summed E-state index contributed by atoms with van der Waals surface area (Å²) in [5.74, 6) is 0.566. The van der Waals surface area contributed by atoms with Crippen molar-refractivity contribution >= 4 is 17.3 Å². The van der Waals surface area contributed by atoms with Gasteiger partial charge < -0.3 is 20.5 Å². The molecule has 3 N–H and O–H groups in total. The highest BCUT2D eigenvalue weighted by atomic mass is 16.5. The second kappa shape index (κ2) is 6.60. The molecule has 0 spiro atoms. The number of benzene rings is 1. The van der Waals surface area contributed by atoms with E-state index in [-0.39, 0.29) is 11.7 Å². The Morgan fingerprint density at radius 3 is 2.76 bits per heavy atom. The van der Waals surface area contributed by atoms with Gasteiger partial charge in [0, 0.05) is 18.7 Å². The van der Waals surface area contributed by atoms with Crippen molar-refractivity contribution < 1.29 is 14.6 Å². The molecule has 6 nitrogen and oxygen atoms in total. The Morgan fingerprint density at radius 2 is 2.14 bits per heavy atom. The quantitative estimate of drug-likeness (QED) is 0.786. The van der Waals surface area contributed by atoms with Gasteiger partial charge in [0.15, 0.2) is 0 Å². The second-order valence-electron chi connectivity index (χ2n) is 4.46. The van der Waals surface area contributed by atoms with E-state index in [1.165, 1.54) is 13.1 Å². The summed E-state index contributed by atoms with van der Waals surface area (Å²) in [6, 6.07) is 8.74. The molecule has 1 aromatic heterocycles. The number of anilines is 2. The number of methoxy groups -OCH3 is 1. The highest BCUT2D eigenvalue weighted by molar-refractivity contribution is 5.90. The predicted octanol–water partition coefficient (Wildman–Crippen LogP) is 2.37. The smallest absolute Gasteiger partial charge is 0.221 e. The summed E-state index contributed by atoms with van der Waals surface area (Å²) in [6.07, 6.45) is 1.40. The van der Waals surface area contributed by atoms with E-state index in [1.807, 2.05) is 6.07 Å². The minimum absolute atomic E-state index is 0.139. The highest BCUT2D eigenvalue weighted by Crippen LogP contribution is 2.28. The number of ether oxygens (including phenoxy) is 1. The fourth-order valence-electron chi connectivity index (χ4n) is 1.81. The maximum absolute atomic E-state index is 11.1. The van der Waals surface area contributed by atoms with E-state index >= 15 is 0 Å². The van der Waals surface area contributed by atoms with Gasteiger partial charge in [-0.1, -0.05) is 0 Å². The zero-order valence-electron chi connectivity index (χ0n) is 11.9. The summed E-state index contributed by atoms with van der Waals surface area (Å²) in [7, 11) is 1.55. The lowest BCUT2D eigenvalue weighted by Crippen LogP contribution is -2.08. The number of hydrogen-bond acceptors (Lipinski definition) is 5. The molecule has 0 saturated carbocycles. The van der Waals surface area contributed by atoms with Crippen LogP contribution < -0.4 is 15.4 Å². The van der Waals surface area contributed by atoms with Crippen LogP contribution in [-0.4, -0.2) is 23.1 Å². The fourth-order valence-corrected chi connectivity index (χ4v) is 1.81. The Hall–Kier alpha value is -2.76. The lowest BCUT2D eigenvalue weighted by Gasteiger charge is -2.12. The van der Waals surface area contributed by atoms with Gasteiger partial charge in [0.05, 0.1) is 31.2 Å². The SMILES string of the molecule is COc1cc(NCc2ccc(O)cn2)ccc1NC(C)=O. The third kappa shape index (κ3) is 4.10. The number of pyridine rings is 1. The largest absolute Gasteiger partial charge is 0.506 e. The number of carbonyl (C=O) groups is 1. The molecule has 21 heavy (non-hydrogen) atoms. The summed E-state index contributed by atoms with van der Waals surface area (Å²) in [6.45, 7) is 1.96. The van der Waals surface area contributed by atoms with E-state index in [2.05, 4.69) is 15.6 Å². The molecule has 0 aliphatic heterocycles. The van der Waals surface area contributed by atoms with E-state index in [1.54, 1.807) is 31.4 Å². The summed E-state index contributed by atoms with van der Waals surface area (Å²) in [5, 5.41) is 15.1. The molecule has 1 amide bonds. The number of nitrogens with zero attached hydrogens (tertiary/aromatic N) is 1. The maximum atomic E-state index is 11.1. The van der Waals surface area contributed by atoms with Gasteiger partial charge in [-0.15, -0.1) is 0 Å². The third-order valence-electron chi connectivity index (χ3n) is 2.79. The predicted molar refractivity (Wildman–Crippen MR) is 80.5 cm³/mol. The Bertz CT molecular complexity index is 627. The van der Waals surface area contributed by atoms with Crippen molar-refractivity contribution in [2.75, 3.05) is 17.7 Å². The minimum atomic E-state index is -0.151. The van der Waals surface area contributed by atoms with Gasteiger partial charge in [-0.05, 0) is 24.3 Å². The Morgan fingerprint density at radius 1 is 1.33 bits per heavy atom. The maximum Gasteiger partial charge on any atom is 0.221 e. The van der Waals surface area contributed by atoms with Crippen molar-refractivity contribution in [3.8, 4) is 11.5 Å². The van der Waals surface area contributed by atoms with Gasteiger partial charge in [-0.2, -0.15) is 0 Å². The van der Waals surface area contributed by atoms with Crippen molar-refractivity contribution in [3.63, 3.8) is 0 Å². The number of amides is 1. The van der Waals surface area contributed by atoms with Gasteiger partial charge in [0.25, 0.3) is 0 Å². The van der Waals surface area contributed by atoms with Crippen LogP contribution in [0, 0.1) is 0 Å². The zero-order valence-corrected chi connectivity index (χ0v) is 11.9. The molecule has 0 fully saturated rings. The molecule has 0 unspecified atom stereocenters. The van der Waals surface area contributed by atoms with Crippen LogP contribution in [0.25, 0.3) is 0 Å². The molecule has 0 aliphatic carbocycles. The van der Waals surface area contributed by atoms with E-state index < -0.39 is 0 Å². The minimum Gasteiger partial charge on any atom is -0.506 e. The van der Waals surface area contributed by atoms with E-state index in [0.29, 0.717) is 18.0 Å². The number of carbonyl (C=O) groups excluding carboxylic acids is 1. The van der Waals surface area contributed by atoms with Crippen LogP contribution in [-0.2, 0) is 11.3 Å². The first-order valence-corrected chi connectivity index (χ1v) is 6.42. The van der Waals surface area contributed by atoms with Crippen LogP contribution >= 0.6 is 0 Å². The Kier molecular flexibility index (Phi) is 4.61. The first-order valence-electron chi connectivity index (χ1n) is 6.42. The molecular weight excluding hydrogens is 270 g/mol. The number of hydrogen-bond donors (Lipinski definition) is 3. The van der Waals surface area contributed by atoms with Gasteiger partial charge in [0.2, 0.25) is 5.91 Å². The first-order chi connectivity index (χ1) is 10.1. The normalized spacial score (nSPS) is 10.0. The van der Waals surface area contributed by atoms with Crippen LogP contribution in [0.4, 0.5) is 11.4 Å². The van der Waals surface area contributed by atoms with Crippen molar-refractivity contribution in [2.24, 2.45) is 0 Å². The summed E-state index contributed by atoms with van der Waals surface area (Å²) >= 11 is 0. The Balaban J connectivity index is 2.06. The van der Waals surface area contributed by atoms with Crippen LogP contribution in [0.2, 0.25) is 0 Å². The van der Waals surface area contributed by atoms with Crippen molar-refractivity contribution in [3.05, 3.63) is 42.2 Å². The van der Waals surface area contributed by atoms with Gasteiger partial charge in [0.1, 0.15) is 11.5 Å². The molecule has 0 aliphatic rings. The van der Waals surface area contributed by atoms with Crippen LogP contribution in [0.15, 0.2) is 36.5 Å². The monoisotopic (exact) mass is 287 g/mol. The average molecular weight is 287 g/mol. The lowest BCUT2D eigenvalue weighted by molar-refractivity contribution is -0.114. The molecule has 2 rings (SSSR count). The van der Waals surface area contributed by atoms with Crippen LogP contribution in [0.3, 0.4) is 0 Å². The highest BCUT2D eigenvalue weighted by Gasteiger charge is 2.06. The summed E-state index contributed by atoms with van der Waals surface area (Å²) < 4.78 is 5.25. The van der Waals surface area contributed by atoms with E-state index in [0.717, 1.165) is 11.4 Å². The molecule has 1 heterocycles. The second-order valence-corrected chi connectivity index (χ2v) is 4.46. The van der Waals surface area contributed by atoms with Gasteiger partial charge in [-0.3, -0.25) is 9.78 Å². The average Bonchev–Trinajstić information content (AvgIpc) is 2.47. The van der Waals surface area contributed by atoms with Crippen molar-refractivity contribution in [2.45, 2.75) is 13.5 Å². The standard InChI is InChI=1S/C15H17N3O3/c1-10(19)18-14-6-4-11(7-15(14)21-2)16-8-12-3-5-13(20)9-17-12/h3-7,9,16,20H,8H2,1-2H3,(H,18,19). The molecule has 0 radical (unpaired) electrons. The first kappa shape index (κ1) is 14.6. The molecule has 1 aromatic carbocycles. The topological polar surface area (TPSA) is 83.5 Å². The van der Waals surface area contributed by atoms with Crippen LogP contribution in [0.5, 0.6) is 11.5 Å². The van der Waals surface area contributed by atoms with Crippen molar-refractivity contribution in [1.29, 1.82) is 0 Å². The Labute approximate surface area is 122 Å². The number of aromatic nitrogens is 1. The zero-order chi connectivity index (χ0) is 15.2. The molecule has 0 saturated heterocycles. The summed E-state index contributed by atoms with van der Waals surface area (Å²) in [5.41, 5.74) is 2.27. The van der Waals surface area contributed by atoms with Gasteiger partial charge in [-0.25, -0.2) is 0 Å². The van der Waals surface area contributed by atoms with Crippen LogP contribution in [0.1, 0.15) is 12.6 Å². The molecule has 2 aromatic rings. The van der Waals surface area contributed by atoms with E-state index in [4.69, 9.17) is 4.74 Å². The third-order valence-corrected chi connectivity index (χ3v) is 2.79. The summed E-state index contributed by atoms with van der Waals surface area (Å²) in [4.78, 5) is 15.2. The lowest BCUT2D eigenvalue weighted by atomic mass is 10.2. The molecule has 0 atom stereocenters. The van der Waals surface area contributed by atoms with E-state index in [9.17, 15) is 9.90 Å². The molecule has 0 bridgehead atoms. The number of rotatable bonds is 5.